The van der Waals surface area contributed by atoms with Gasteiger partial charge in [-0.15, -0.1) is 0 Å². The molecule has 0 amide bonds. The van der Waals surface area contributed by atoms with E-state index in [4.69, 9.17) is 5.73 Å². The van der Waals surface area contributed by atoms with Gasteiger partial charge in [0.05, 0.1) is 0 Å². The summed E-state index contributed by atoms with van der Waals surface area (Å²) in [6.45, 7) is 4.45. The van der Waals surface area contributed by atoms with Crippen LogP contribution in [0.3, 0.4) is 0 Å². The maximum absolute atomic E-state index is 6.49. The van der Waals surface area contributed by atoms with Gasteiger partial charge in [0.25, 0.3) is 0 Å². The maximum Gasteiger partial charge on any atom is 0.0114 e. The number of unbranched alkanes of at least 4 members (excludes halogenated alkanes) is 1. The number of hydrogen-bond donors (Lipinski definition) is 1. The van der Waals surface area contributed by atoms with E-state index in [1.807, 2.05) is 11.8 Å². The summed E-state index contributed by atoms with van der Waals surface area (Å²) in [6.07, 6.45) is 10.5. The predicted molar refractivity (Wildman–Crippen MR) is 123 cm³/mol. The Hall–Kier alpha value is -1.25. The highest BCUT2D eigenvalue weighted by Crippen LogP contribution is 2.34. The first kappa shape index (κ1) is 22.0. The lowest BCUT2D eigenvalue weighted by Gasteiger charge is -2.32. The predicted octanol–water partition coefficient (Wildman–Crippen LogP) is 6.39. The third kappa shape index (κ3) is 7.01. The minimum atomic E-state index is 0.286. The molecule has 2 aromatic rings. The molecule has 2 N–H and O–H groups in total. The molecule has 1 aliphatic rings. The molecule has 0 saturated heterocycles. The molecule has 148 valence electrons. The van der Waals surface area contributed by atoms with Crippen molar-refractivity contribution in [1.82, 2.24) is 0 Å². The van der Waals surface area contributed by atoms with Crippen molar-refractivity contribution < 1.29 is 0 Å². The lowest BCUT2D eigenvalue weighted by atomic mass is 9.76. The molecule has 0 aliphatic heterocycles. The van der Waals surface area contributed by atoms with Crippen LogP contribution in [0.25, 0.3) is 0 Å². The summed E-state index contributed by atoms with van der Waals surface area (Å²) in [5, 5.41) is 0. The Balaban J connectivity index is 0.000000465. The van der Waals surface area contributed by atoms with Crippen molar-refractivity contribution in [3.8, 4) is 0 Å². The Kier molecular flexibility index (Phi) is 10.0. The van der Waals surface area contributed by atoms with E-state index >= 15 is 0 Å². The quantitative estimate of drug-likeness (QED) is 0.599. The van der Waals surface area contributed by atoms with Crippen molar-refractivity contribution in [1.29, 1.82) is 0 Å². The van der Waals surface area contributed by atoms with E-state index < -0.39 is 0 Å². The number of benzene rings is 2. The third-order valence-electron chi connectivity index (χ3n) is 5.40. The molecule has 3 rings (SSSR count). The highest BCUT2D eigenvalue weighted by molar-refractivity contribution is 7.98. The smallest absolute Gasteiger partial charge is 0.0114 e. The minimum absolute atomic E-state index is 0.286. The van der Waals surface area contributed by atoms with Gasteiger partial charge >= 0.3 is 0 Å². The normalized spacial score (nSPS) is 18.4. The zero-order valence-electron chi connectivity index (χ0n) is 17.4. The van der Waals surface area contributed by atoms with Gasteiger partial charge in [-0.3, -0.25) is 0 Å². The second kappa shape index (κ2) is 12.3. The van der Waals surface area contributed by atoms with Gasteiger partial charge in [0.2, 0.25) is 0 Å². The summed E-state index contributed by atoms with van der Waals surface area (Å²) in [7, 11) is 0. The third-order valence-corrected chi connectivity index (χ3v) is 6.22. The second-order valence-electron chi connectivity index (χ2n) is 7.63. The van der Waals surface area contributed by atoms with Crippen molar-refractivity contribution >= 4 is 11.8 Å². The SMILES string of the molecule is CCCCc1ccc2c(c1)C(Cc1ccccc1)C(N)CC2.CCCSC. The van der Waals surface area contributed by atoms with Crippen LogP contribution in [0.4, 0.5) is 0 Å². The van der Waals surface area contributed by atoms with Crippen LogP contribution in [0.5, 0.6) is 0 Å². The number of aryl methyl sites for hydroxylation is 2. The largest absolute Gasteiger partial charge is 0.327 e. The molecule has 0 spiro atoms. The molecular formula is C25H37NS. The Morgan fingerprint density at radius 1 is 1.00 bits per heavy atom. The average Bonchev–Trinajstić information content (AvgIpc) is 2.70. The van der Waals surface area contributed by atoms with Gasteiger partial charge in [-0.25, -0.2) is 0 Å². The highest BCUT2D eigenvalue weighted by Gasteiger charge is 2.27. The number of hydrogen-bond acceptors (Lipinski definition) is 2. The summed E-state index contributed by atoms with van der Waals surface area (Å²) in [5.74, 6) is 1.77. The van der Waals surface area contributed by atoms with Crippen LogP contribution in [0.2, 0.25) is 0 Å². The molecular weight excluding hydrogens is 346 g/mol. The molecule has 0 saturated carbocycles. The standard InChI is InChI=1S/C21H27N.C4H10S/c1-2-3-7-17-10-11-18-12-13-21(22)20(19(18)14-17)15-16-8-5-4-6-9-16;1-3-4-5-2/h4-6,8-11,14,20-21H,2-3,7,12-13,15,22H2,1H3;3-4H2,1-2H3. The van der Waals surface area contributed by atoms with Gasteiger partial charge in [-0.2, -0.15) is 11.8 Å². The van der Waals surface area contributed by atoms with E-state index in [0.29, 0.717) is 5.92 Å². The van der Waals surface area contributed by atoms with E-state index in [2.05, 4.69) is 68.6 Å². The summed E-state index contributed by atoms with van der Waals surface area (Å²) in [5.41, 5.74) is 12.4. The van der Waals surface area contributed by atoms with E-state index in [1.54, 1.807) is 0 Å². The molecule has 0 bridgehead atoms. The first-order valence-electron chi connectivity index (χ1n) is 10.6. The first-order chi connectivity index (χ1) is 13.2. The number of thioether (sulfide) groups is 1. The lowest BCUT2D eigenvalue weighted by molar-refractivity contribution is 0.467. The van der Waals surface area contributed by atoms with Crippen molar-refractivity contribution in [3.05, 3.63) is 70.8 Å². The topological polar surface area (TPSA) is 26.0 Å². The van der Waals surface area contributed by atoms with Gasteiger partial charge in [-0.05, 0) is 72.8 Å². The Morgan fingerprint density at radius 2 is 1.78 bits per heavy atom. The highest BCUT2D eigenvalue weighted by atomic mass is 32.2. The molecule has 1 nitrogen and oxygen atoms in total. The summed E-state index contributed by atoms with van der Waals surface area (Å²) in [4.78, 5) is 0. The molecule has 2 atom stereocenters. The van der Waals surface area contributed by atoms with Gasteiger partial charge in [0, 0.05) is 12.0 Å². The fraction of sp³-hybridized carbons (Fsp3) is 0.520. The molecule has 27 heavy (non-hydrogen) atoms. The van der Waals surface area contributed by atoms with Gasteiger partial charge in [-0.1, -0.05) is 68.8 Å². The zero-order valence-corrected chi connectivity index (χ0v) is 18.2. The van der Waals surface area contributed by atoms with Crippen LogP contribution >= 0.6 is 11.8 Å². The molecule has 2 unspecified atom stereocenters. The molecule has 2 aromatic carbocycles. The summed E-state index contributed by atoms with van der Waals surface area (Å²) in [6, 6.07) is 18.2. The average molecular weight is 384 g/mol. The Bertz CT molecular complexity index is 651. The lowest BCUT2D eigenvalue weighted by Crippen LogP contribution is -2.34. The molecule has 0 aromatic heterocycles. The Labute approximate surface area is 171 Å². The van der Waals surface area contributed by atoms with Crippen LogP contribution < -0.4 is 5.73 Å². The zero-order chi connectivity index (χ0) is 19.5. The van der Waals surface area contributed by atoms with E-state index in [-0.39, 0.29) is 6.04 Å². The Morgan fingerprint density at radius 3 is 2.41 bits per heavy atom. The number of nitrogens with two attached hydrogens (primary N) is 1. The van der Waals surface area contributed by atoms with Crippen LogP contribution in [0.15, 0.2) is 48.5 Å². The number of fused-ring (bicyclic) bond motifs is 1. The fourth-order valence-corrected chi connectivity index (χ4v) is 4.25. The molecule has 0 fully saturated rings. The fourth-order valence-electron chi connectivity index (χ4n) is 3.84. The van der Waals surface area contributed by atoms with E-state index in [0.717, 1.165) is 19.3 Å². The molecule has 0 heterocycles. The summed E-state index contributed by atoms with van der Waals surface area (Å²) < 4.78 is 0. The molecule has 2 heteroatoms. The van der Waals surface area contributed by atoms with E-state index in [1.165, 1.54) is 53.7 Å². The van der Waals surface area contributed by atoms with Gasteiger partial charge in [0.1, 0.15) is 0 Å². The number of rotatable bonds is 7. The van der Waals surface area contributed by atoms with Crippen LogP contribution in [-0.4, -0.2) is 18.1 Å². The second-order valence-corrected chi connectivity index (χ2v) is 8.61. The van der Waals surface area contributed by atoms with Gasteiger partial charge in [0.15, 0.2) is 0 Å². The van der Waals surface area contributed by atoms with Crippen LogP contribution in [0.1, 0.15) is 67.7 Å². The first-order valence-corrected chi connectivity index (χ1v) is 12.0. The molecule has 1 aliphatic carbocycles. The van der Waals surface area contributed by atoms with Gasteiger partial charge < -0.3 is 5.73 Å². The summed E-state index contributed by atoms with van der Waals surface area (Å²) >= 11 is 1.90. The molecule has 0 radical (unpaired) electrons. The maximum atomic E-state index is 6.49. The van der Waals surface area contributed by atoms with Crippen molar-refractivity contribution in [2.75, 3.05) is 12.0 Å². The van der Waals surface area contributed by atoms with Crippen molar-refractivity contribution in [2.24, 2.45) is 5.73 Å². The van der Waals surface area contributed by atoms with Crippen molar-refractivity contribution in [3.63, 3.8) is 0 Å². The van der Waals surface area contributed by atoms with Crippen LogP contribution in [-0.2, 0) is 19.3 Å². The van der Waals surface area contributed by atoms with Crippen molar-refractivity contribution in [2.45, 2.75) is 70.8 Å². The monoisotopic (exact) mass is 383 g/mol. The van der Waals surface area contributed by atoms with E-state index in [9.17, 15) is 0 Å². The van der Waals surface area contributed by atoms with Crippen LogP contribution in [0, 0.1) is 0 Å². The minimum Gasteiger partial charge on any atom is -0.327 e.